The van der Waals surface area contributed by atoms with Crippen molar-refractivity contribution in [2.75, 3.05) is 24.8 Å². The van der Waals surface area contributed by atoms with Gasteiger partial charge in [0.1, 0.15) is 6.04 Å². The lowest BCUT2D eigenvalue weighted by Crippen LogP contribution is -2.32. The Kier molecular flexibility index (Phi) is 5.42. The second-order valence-electron chi connectivity index (χ2n) is 4.56. The number of hydrogen-bond acceptors (Lipinski definition) is 5. The normalized spacial score (nSPS) is 12.1. The molecule has 0 aliphatic heterocycles. The molecule has 100 valence electrons. The summed E-state index contributed by atoms with van der Waals surface area (Å²) >= 11 is 0. The average molecular weight is 251 g/mol. The molecule has 0 fully saturated rings. The molecule has 0 spiro atoms. The number of nitrogens with one attached hydrogen (secondary N) is 2. The Bertz CT molecular complexity index is 394. The number of nitrogens with zero attached hydrogens (tertiary/aromatic N) is 1. The van der Waals surface area contributed by atoms with Crippen LogP contribution in [0.3, 0.4) is 0 Å². The van der Waals surface area contributed by atoms with Crippen molar-refractivity contribution in [3.8, 4) is 0 Å². The van der Waals surface area contributed by atoms with Gasteiger partial charge in [-0.3, -0.25) is 4.98 Å². The van der Waals surface area contributed by atoms with E-state index in [1.807, 2.05) is 13.1 Å². The van der Waals surface area contributed by atoms with E-state index in [0.29, 0.717) is 5.92 Å². The number of esters is 1. The van der Waals surface area contributed by atoms with Crippen LogP contribution < -0.4 is 10.6 Å². The zero-order chi connectivity index (χ0) is 13.5. The lowest BCUT2D eigenvalue weighted by atomic mass is 10.0. The molecule has 1 aromatic rings. The van der Waals surface area contributed by atoms with Crippen LogP contribution in [-0.4, -0.2) is 31.2 Å². The summed E-state index contributed by atoms with van der Waals surface area (Å²) in [4.78, 5) is 15.8. The van der Waals surface area contributed by atoms with Gasteiger partial charge in [0.25, 0.3) is 0 Å². The van der Waals surface area contributed by atoms with Crippen molar-refractivity contribution < 1.29 is 9.53 Å². The summed E-state index contributed by atoms with van der Waals surface area (Å²) in [5.41, 5.74) is 1.70. The number of hydrogen-bond donors (Lipinski definition) is 2. The average Bonchev–Trinajstić information content (AvgIpc) is 2.36. The number of pyridine rings is 1. The van der Waals surface area contributed by atoms with Crippen LogP contribution in [0, 0.1) is 5.92 Å². The van der Waals surface area contributed by atoms with E-state index < -0.39 is 0 Å². The van der Waals surface area contributed by atoms with Gasteiger partial charge in [-0.1, -0.05) is 13.8 Å². The first-order chi connectivity index (χ1) is 8.56. The highest BCUT2D eigenvalue weighted by Gasteiger charge is 2.20. The molecule has 1 aromatic heterocycles. The molecular weight excluding hydrogens is 230 g/mol. The van der Waals surface area contributed by atoms with Crippen molar-refractivity contribution in [2.45, 2.75) is 26.3 Å². The fourth-order valence-corrected chi connectivity index (χ4v) is 1.68. The van der Waals surface area contributed by atoms with E-state index in [1.165, 1.54) is 7.11 Å². The Morgan fingerprint density at radius 2 is 2.06 bits per heavy atom. The molecule has 0 saturated heterocycles. The Morgan fingerprint density at radius 3 is 2.61 bits per heavy atom. The Hall–Kier alpha value is -1.78. The fraction of sp³-hybridized carbons (Fsp3) is 0.538. The van der Waals surface area contributed by atoms with E-state index in [4.69, 9.17) is 4.74 Å². The number of methoxy groups -OCH3 is 1. The Balaban J connectivity index is 2.78. The third kappa shape index (κ3) is 4.24. The summed E-state index contributed by atoms with van der Waals surface area (Å²) in [6, 6.07) is 1.56. The topological polar surface area (TPSA) is 63.2 Å². The van der Waals surface area contributed by atoms with Crippen LogP contribution in [0.5, 0.6) is 0 Å². The van der Waals surface area contributed by atoms with Crippen molar-refractivity contribution >= 4 is 17.3 Å². The molecule has 0 saturated carbocycles. The number of carbonyl (C=O) groups excluding carboxylic acids is 1. The molecule has 0 aliphatic rings. The third-order valence-corrected chi connectivity index (χ3v) is 2.56. The van der Waals surface area contributed by atoms with Crippen molar-refractivity contribution in [2.24, 2.45) is 5.92 Å². The van der Waals surface area contributed by atoms with Gasteiger partial charge in [-0.15, -0.1) is 0 Å². The van der Waals surface area contributed by atoms with E-state index >= 15 is 0 Å². The maximum Gasteiger partial charge on any atom is 0.328 e. The molecule has 18 heavy (non-hydrogen) atoms. The molecule has 1 rings (SSSR count). The molecule has 1 heterocycles. The summed E-state index contributed by atoms with van der Waals surface area (Å²) in [5, 5.41) is 6.16. The smallest absolute Gasteiger partial charge is 0.328 e. The van der Waals surface area contributed by atoms with Gasteiger partial charge in [0.05, 0.1) is 30.9 Å². The monoisotopic (exact) mass is 251 g/mol. The van der Waals surface area contributed by atoms with E-state index in [1.54, 1.807) is 12.4 Å². The molecule has 1 unspecified atom stereocenters. The van der Waals surface area contributed by atoms with Crippen molar-refractivity contribution in [1.29, 1.82) is 0 Å². The van der Waals surface area contributed by atoms with Gasteiger partial charge in [0.2, 0.25) is 0 Å². The van der Waals surface area contributed by atoms with Crippen LogP contribution >= 0.6 is 0 Å². The van der Waals surface area contributed by atoms with E-state index in [9.17, 15) is 4.79 Å². The molecule has 0 bridgehead atoms. The number of ether oxygens (including phenoxy) is 1. The van der Waals surface area contributed by atoms with Gasteiger partial charge in [-0.2, -0.15) is 0 Å². The molecule has 5 heteroatoms. The Labute approximate surface area is 108 Å². The van der Waals surface area contributed by atoms with Crippen LogP contribution in [0.2, 0.25) is 0 Å². The predicted octanol–water partition coefficient (Wildman–Crippen LogP) is 2.12. The zero-order valence-electron chi connectivity index (χ0n) is 11.4. The minimum Gasteiger partial charge on any atom is -0.467 e. The quantitative estimate of drug-likeness (QED) is 0.758. The Morgan fingerprint density at radius 1 is 1.39 bits per heavy atom. The van der Waals surface area contributed by atoms with Crippen LogP contribution in [0.1, 0.15) is 20.3 Å². The van der Waals surface area contributed by atoms with Gasteiger partial charge in [0.15, 0.2) is 0 Å². The van der Waals surface area contributed by atoms with E-state index in [-0.39, 0.29) is 12.0 Å². The van der Waals surface area contributed by atoms with Crippen molar-refractivity contribution in [3.63, 3.8) is 0 Å². The number of aromatic nitrogens is 1. The van der Waals surface area contributed by atoms with Gasteiger partial charge in [-0.25, -0.2) is 4.79 Å². The molecule has 0 aromatic carbocycles. The summed E-state index contributed by atoms with van der Waals surface area (Å²) in [6.07, 6.45) is 4.13. The standard InChI is InChI=1S/C13H21N3O2/c1-9(2)5-12(13(17)18-4)16-11-6-10(14-3)7-15-8-11/h6-9,12,14,16H,5H2,1-4H3. The second-order valence-corrected chi connectivity index (χ2v) is 4.56. The fourth-order valence-electron chi connectivity index (χ4n) is 1.68. The van der Waals surface area contributed by atoms with E-state index in [2.05, 4.69) is 29.5 Å². The maximum atomic E-state index is 11.7. The van der Waals surface area contributed by atoms with Gasteiger partial charge >= 0.3 is 5.97 Å². The lowest BCUT2D eigenvalue weighted by Gasteiger charge is -2.19. The van der Waals surface area contributed by atoms with Crippen LogP contribution in [-0.2, 0) is 9.53 Å². The minimum atomic E-state index is -0.344. The SMILES string of the molecule is CNc1cncc(NC(CC(C)C)C(=O)OC)c1. The molecule has 0 aliphatic carbocycles. The summed E-state index contributed by atoms with van der Waals surface area (Å²) in [6.45, 7) is 4.14. The third-order valence-electron chi connectivity index (χ3n) is 2.56. The zero-order valence-corrected chi connectivity index (χ0v) is 11.4. The van der Waals surface area contributed by atoms with Crippen molar-refractivity contribution in [1.82, 2.24) is 4.98 Å². The molecule has 1 atom stereocenters. The van der Waals surface area contributed by atoms with Crippen molar-refractivity contribution in [3.05, 3.63) is 18.5 Å². The molecular formula is C13H21N3O2. The van der Waals surface area contributed by atoms with Crippen LogP contribution in [0.25, 0.3) is 0 Å². The second kappa shape index (κ2) is 6.83. The minimum absolute atomic E-state index is 0.251. The first kappa shape index (κ1) is 14.3. The van der Waals surface area contributed by atoms with Gasteiger partial charge < -0.3 is 15.4 Å². The molecule has 5 nitrogen and oxygen atoms in total. The molecule has 2 N–H and O–H groups in total. The first-order valence-corrected chi connectivity index (χ1v) is 6.04. The largest absolute Gasteiger partial charge is 0.467 e. The van der Waals surface area contributed by atoms with E-state index in [0.717, 1.165) is 17.8 Å². The molecule has 0 amide bonds. The number of carbonyl (C=O) groups is 1. The van der Waals surface area contributed by atoms with Crippen LogP contribution in [0.15, 0.2) is 18.5 Å². The summed E-state index contributed by atoms with van der Waals surface area (Å²) in [7, 11) is 3.23. The highest BCUT2D eigenvalue weighted by molar-refractivity contribution is 5.79. The first-order valence-electron chi connectivity index (χ1n) is 6.04. The highest BCUT2D eigenvalue weighted by Crippen LogP contribution is 2.16. The highest BCUT2D eigenvalue weighted by atomic mass is 16.5. The lowest BCUT2D eigenvalue weighted by molar-refractivity contribution is -0.141. The van der Waals surface area contributed by atoms with Crippen LogP contribution in [0.4, 0.5) is 11.4 Å². The molecule has 0 radical (unpaired) electrons. The van der Waals surface area contributed by atoms with Gasteiger partial charge in [-0.05, 0) is 18.4 Å². The summed E-state index contributed by atoms with van der Waals surface area (Å²) < 4.78 is 4.80. The summed E-state index contributed by atoms with van der Waals surface area (Å²) in [5.74, 6) is 0.153. The number of anilines is 2. The van der Waals surface area contributed by atoms with Gasteiger partial charge in [0, 0.05) is 7.05 Å². The number of rotatable bonds is 6. The maximum absolute atomic E-state index is 11.7. The predicted molar refractivity (Wildman–Crippen MR) is 72.7 cm³/mol.